The van der Waals surface area contributed by atoms with Crippen LogP contribution < -0.4 is 29.0 Å². The van der Waals surface area contributed by atoms with Gasteiger partial charge in [0.25, 0.3) is 0 Å². The first-order chi connectivity index (χ1) is 21.6. The number of hydrogen-bond donors (Lipinski definition) is 1. The second kappa shape index (κ2) is 12.1. The zero-order valence-electron chi connectivity index (χ0n) is 25.3. The largest absolute Gasteiger partial charge is 0.493 e. The van der Waals surface area contributed by atoms with Crippen LogP contribution >= 0.6 is 0 Å². The molecule has 44 heavy (non-hydrogen) atoms. The Balaban J connectivity index is 1.27. The van der Waals surface area contributed by atoms with Gasteiger partial charge in [0.15, 0.2) is 23.0 Å². The smallest absolute Gasteiger partial charge is 0.310 e. The van der Waals surface area contributed by atoms with Gasteiger partial charge < -0.3 is 38.5 Å². The second-order valence-corrected chi connectivity index (χ2v) is 11.6. The van der Waals surface area contributed by atoms with Crippen molar-refractivity contribution in [2.75, 3.05) is 72.9 Å². The van der Waals surface area contributed by atoms with Gasteiger partial charge in [-0.2, -0.15) is 0 Å². The first-order valence-corrected chi connectivity index (χ1v) is 15.1. The first-order valence-electron chi connectivity index (χ1n) is 15.1. The van der Waals surface area contributed by atoms with Crippen LogP contribution in [0.5, 0.6) is 28.7 Å². The maximum atomic E-state index is 13.5. The van der Waals surface area contributed by atoms with Gasteiger partial charge in [0, 0.05) is 37.2 Å². The molecule has 0 spiro atoms. The van der Waals surface area contributed by atoms with E-state index in [4.69, 9.17) is 33.2 Å². The number of carbonyl (C=O) groups is 1. The monoisotopic (exact) mass is 602 g/mol. The Kier molecular flexibility index (Phi) is 7.86. The van der Waals surface area contributed by atoms with E-state index in [-0.39, 0.29) is 30.6 Å². The SMILES string of the molecule is COc1cc([C@@H]2c3cc4c(cc3[C@@H](Nc3cccc(CCN5CCOCC5)c3)[C@H]3COC(=O)[C@H]23)OCO4)cc(OC)c1OC. The lowest BCUT2D eigenvalue weighted by molar-refractivity contribution is -0.141. The van der Waals surface area contributed by atoms with Gasteiger partial charge in [0.1, 0.15) is 0 Å². The van der Waals surface area contributed by atoms with E-state index in [0.717, 1.165) is 61.6 Å². The number of methoxy groups -OCH3 is 3. The Hall–Kier alpha value is -4.15. The highest BCUT2D eigenvalue weighted by atomic mass is 16.7. The Labute approximate surface area is 257 Å². The topological polar surface area (TPSA) is 97.0 Å². The molecule has 0 bridgehead atoms. The number of morpholine rings is 1. The molecule has 3 heterocycles. The van der Waals surface area contributed by atoms with Crippen molar-refractivity contribution < 1.29 is 38.0 Å². The number of carbonyl (C=O) groups excluding carboxylic acids is 1. The van der Waals surface area contributed by atoms with E-state index in [0.29, 0.717) is 35.4 Å². The van der Waals surface area contributed by atoms with Crippen molar-refractivity contribution in [3.8, 4) is 28.7 Å². The molecule has 10 heteroatoms. The predicted molar refractivity (Wildman–Crippen MR) is 162 cm³/mol. The van der Waals surface area contributed by atoms with Crippen LogP contribution in [0, 0.1) is 11.8 Å². The number of fused-ring (bicyclic) bond motifs is 3. The lowest BCUT2D eigenvalue weighted by Crippen LogP contribution is -2.38. The Morgan fingerprint density at radius 1 is 0.886 bits per heavy atom. The van der Waals surface area contributed by atoms with Crippen molar-refractivity contribution in [1.29, 1.82) is 0 Å². The van der Waals surface area contributed by atoms with E-state index in [1.807, 2.05) is 18.2 Å². The fraction of sp³-hybridized carbons (Fsp3) is 0.441. The molecule has 1 aliphatic carbocycles. The molecule has 0 aromatic heterocycles. The van der Waals surface area contributed by atoms with E-state index in [1.165, 1.54) is 5.56 Å². The van der Waals surface area contributed by atoms with Crippen molar-refractivity contribution in [1.82, 2.24) is 4.90 Å². The maximum absolute atomic E-state index is 13.5. The number of nitrogens with zero attached hydrogens (tertiary/aromatic N) is 1. The van der Waals surface area contributed by atoms with Gasteiger partial charge in [-0.3, -0.25) is 9.69 Å². The molecular formula is C34H38N2O8. The number of cyclic esters (lactones) is 1. The maximum Gasteiger partial charge on any atom is 0.310 e. The van der Waals surface area contributed by atoms with Gasteiger partial charge in [-0.25, -0.2) is 0 Å². The van der Waals surface area contributed by atoms with E-state index in [1.54, 1.807) is 21.3 Å². The lowest BCUT2D eigenvalue weighted by atomic mass is 9.65. The van der Waals surface area contributed by atoms with Gasteiger partial charge in [0.2, 0.25) is 12.5 Å². The Bertz CT molecular complexity index is 1510. The Morgan fingerprint density at radius 2 is 1.61 bits per heavy atom. The molecule has 3 aromatic carbocycles. The molecule has 0 saturated carbocycles. The van der Waals surface area contributed by atoms with Gasteiger partial charge in [-0.15, -0.1) is 0 Å². The summed E-state index contributed by atoms with van der Waals surface area (Å²) in [6.45, 7) is 4.99. The molecule has 3 aliphatic heterocycles. The van der Waals surface area contributed by atoms with Crippen molar-refractivity contribution in [2.24, 2.45) is 11.8 Å². The highest BCUT2D eigenvalue weighted by Crippen LogP contribution is 2.56. The summed E-state index contributed by atoms with van der Waals surface area (Å²) in [6, 6.07) is 16.3. The lowest BCUT2D eigenvalue weighted by Gasteiger charge is -2.40. The quantitative estimate of drug-likeness (QED) is 0.355. The molecule has 0 unspecified atom stereocenters. The minimum atomic E-state index is -0.437. The summed E-state index contributed by atoms with van der Waals surface area (Å²) in [7, 11) is 4.76. The molecular weight excluding hydrogens is 564 g/mol. The normalized spacial score (nSPS) is 23.8. The summed E-state index contributed by atoms with van der Waals surface area (Å²) >= 11 is 0. The summed E-state index contributed by atoms with van der Waals surface area (Å²) < 4.78 is 39.9. The fourth-order valence-electron chi connectivity index (χ4n) is 7.14. The standard InChI is InChI=1S/C34H38N2O8/c1-38-28-14-21(15-29(39-2)33(28)40-3)30-23-16-26-27(44-19-43-26)17-24(23)32(25-18-42-34(37)31(25)30)35-22-6-4-5-20(13-22)7-8-36-9-11-41-12-10-36/h4-6,13-17,25,30-32,35H,7-12,18-19H2,1-3H3/t25-,30+,31-,32+/m0/s1. The van der Waals surface area contributed by atoms with Gasteiger partial charge >= 0.3 is 5.97 Å². The first kappa shape index (κ1) is 28.6. The molecule has 4 aliphatic rings. The average Bonchev–Trinajstić information content (AvgIpc) is 3.69. The van der Waals surface area contributed by atoms with Gasteiger partial charge in [0.05, 0.1) is 53.1 Å². The Morgan fingerprint density at radius 3 is 2.32 bits per heavy atom. The molecule has 0 radical (unpaired) electrons. The number of benzene rings is 3. The number of esters is 1. The zero-order valence-corrected chi connectivity index (χ0v) is 25.3. The predicted octanol–water partition coefficient (Wildman–Crippen LogP) is 4.40. The minimum absolute atomic E-state index is 0.128. The van der Waals surface area contributed by atoms with Crippen LogP contribution in [0.3, 0.4) is 0 Å². The summed E-state index contributed by atoms with van der Waals surface area (Å²) in [5.41, 5.74) is 5.16. The highest BCUT2D eigenvalue weighted by Gasteiger charge is 2.52. The second-order valence-electron chi connectivity index (χ2n) is 11.6. The number of anilines is 1. The van der Waals surface area contributed by atoms with Gasteiger partial charge in [-0.1, -0.05) is 12.1 Å². The van der Waals surface area contributed by atoms with Crippen LogP contribution in [-0.4, -0.2) is 78.4 Å². The molecule has 0 amide bonds. The highest BCUT2D eigenvalue weighted by molar-refractivity contribution is 5.79. The molecule has 10 nitrogen and oxygen atoms in total. The molecule has 2 saturated heterocycles. The van der Waals surface area contributed by atoms with Crippen LogP contribution in [-0.2, 0) is 20.7 Å². The number of rotatable bonds is 9. The van der Waals surface area contributed by atoms with Crippen molar-refractivity contribution in [3.63, 3.8) is 0 Å². The zero-order chi connectivity index (χ0) is 30.2. The summed E-state index contributed by atoms with van der Waals surface area (Å²) in [4.78, 5) is 16.0. The minimum Gasteiger partial charge on any atom is -0.493 e. The van der Waals surface area contributed by atoms with Crippen LogP contribution in [0.15, 0.2) is 48.5 Å². The van der Waals surface area contributed by atoms with E-state index < -0.39 is 5.92 Å². The third-order valence-corrected chi connectivity index (χ3v) is 9.30. The third-order valence-electron chi connectivity index (χ3n) is 9.30. The fourth-order valence-corrected chi connectivity index (χ4v) is 7.14. The van der Waals surface area contributed by atoms with Crippen molar-refractivity contribution in [3.05, 3.63) is 70.8 Å². The van der Waals surface area contributed by atoms with Crippen LogP contribution in [0.4, 0.5) is 5.69 Å². The summed E-state index contributed by atoms with van der Waals surface area (Å²) in [5, 5.41) is 3.80. The van der Waals surface area contributed by atoms with Crippen LogP contribution in [0.1, 0.15) is 34.2 Å². The molecule has 232 valence electrons. The molecule has 4 atom stereocenters. The number of hydrogen-bond acceptors (Lipinski definition) is 10. The van der Waals surface area contributed by atoms with Gasteiger partial charge in [-0.05, 0) is 65.1 Å². The third kappa shape index (κ3) is 5.16. The molecule has 3 aromatic rings. The van der Waals surface area contributed by atoms with E-state index >= 15 is 0 Å². The number of nitrogens with one attached hydrogen (secondary N) is 1. The summed E-state index contributed by atoms with van der Waals surface area (Å²) in [5.74, 6) is 1.80. The molecule has 2 fully saturated rings. The van der Waals surface area contributed by atoms with Crippen LogP contribution in [0.2, 0.25) is 0 Å². The van der Waals surface area contributed by atoms with E-state index in [2.05, 4.69) is 40.5 Å². The average molecular weight is 603 g/mol. The van der Waals surface area contributed by atoms with Crippen molar-refractivity contribution in [2.45, 2.75) is 18.4 Å². The van der Waals surface area contributed by atoms with Crippen molar-refractivity contribution >= 4 is 11.7 Å². The number of ether oxygens (including phenoxy) is 7. The molecule has 7 rings (SSSR count). The van der Waals surface area contributed by atoms with E-state index in [9.17, 15) is 4.79 Å². The summed E-state index contributed by atoms with van der Waals surface area (Å²) in [6.07, 6.45) is 0.951. The van der Waals surface area contributed by atoms with Crippen LogP contribution in [0.25, 0.3) is 0 Å². The molecule has 1 N–H and O–H groups in total.